The van der Waals surface area contributed by atoms with Crippen LogP contribution >= 0.6 is 27.3 Å². The molecule has 2 N–H and O–H groups in total. The Morgan fingerprint density at radius 2 is 2.19 bits per heavy atom. The molecule has 0 saturated heterocycles. The summed E-state index contributed by atoms with van der Waals surface area (Å²) in [6.45, 7) is 6.31. The highest BCUT2D eigenvalue weighted by atomic mass is 79.9. The zero-order chi connectivity index (χ0) is 12.1. The van der Waals surface area contributed by atoms with Crippen molar-refractivity contribution >= 4 is 27.3 Å². The van der Waals surface area contributed by atoms with Gasteiger partial charge in [-0.15, -0.1) is 11.3 Å². The van der Waals surface area contributed by atoms with E-state index in [1.807, 2.05) is 0 Å². The largest absolute Gasteiger partial charge is 0.329 e. The Kier molecular flexibility index (Phi) is 5.97. The van der Waals surface area contributed by atoms with E-state index in [9.17, 15) is 0 Å². The minimum Gasteiger partial charge on any atom is -0.329 e. The van der Waals surface area contributed by atoms with Crippen molar-refractivity contribution in [2.45, 2.75) is 26.3 Å². The third-order valence-corrected chi connectivity index (χ3v) is 4.70. The van der Waals surface area contributed by atoms with E-state index < -0.39 is 0 Å². The third-order valence-electron chi connectivity index (χ3n) is 2.97. The maximum atomic E-state index is 5.88. The lowest BCUT2D eigenvalue weighted by Crippen LogP contribution is -2.33. The van der Waals surface area contributed by atoms with Gasteiger partial charge in [0.05, 0.1) is 9.83 Å². The van der Waals surface area contributed by atoms with Crippen LogP contribution in [0.5, 0.6) is 0 Å². The van der Waals surface area contributed by atoms with Gasteiger partial charge in [-0.1, -0.05) is 20.3 Å². The molecule has 1 heterocycles. The van der Waals surface area contributed by atoms with Gasteiger partial charge < -0.3 is 5.73 Å². The molecule has 0 aliphatic carbocycles. The van der Waals surface area contributed by atoms with Crippen LogP contribution in [0, 0.1) is 5.92 Å². The van der Waals surface area contributed by atoms with Crippen molar-refractivity contribution in [3.63, 3.8) is 0 Å². The Morgan fingerprint density at radius 1 is 1.50 bits per heavy atom. The van der Waals surface area contributed by atoms with E-state index in [-0.39, 0.29) is 0 Å². The van der Waals surface area contributed by atoms with E-state index in [1.54, 1.807) is 11.3 Å². The summed E-state index contributed by atoms with van der Waals surface area (Å²) in [5, 5.41) is 0. The van der Waals surface area contributed by atoms with Crippen LogP contribution in [0.2, 0.25) is 0 Å². The summed E-state index contributed by atoms with van der Waals surface area (Å²) in [7, 11) is 2.16. The smallest absolute Gasteiger partial charge is 0.0702 e. The van der Waals surface area contributed by atoms with E-state index in [4.69, 9.17) is 5.73 Å². The Morgan fingerprint density at radius 3 is 2.62 bits per heavy atom. The second-order valence-electron chi connectivity index (χ2n) is 4.35. The second-order valence-corrected chi connectivity index (χ2v) is 6.84. The number of hydrogen-bond donors (Lipinski definition) is 1. The molecular weight excluding hydrogens is 284 g/mol. The Labute approximate surface area is 111 Å². The standard InChI is InChI=1S/C12H21BrN2S/c1-4-9(2)8-15(3)10(7-14)11-5-6-12(13)16-11/h5-6,9-10H,4,7-8,14H2,1-3H3. The van der Waals surface area contributed by atoms with Crippen molar-refractivity contribution in [1.82, 2.24) is 4.90 Å². The molecule has 0 radical (unpaired) electrons. The quantitative estimate of drug-likeness (QED) is 0.872. The van der Waals surface area contributed by atoms with Gasteiger partial charge in [0.25, 0.3) is 0 Å². The lowest BCUT2D eigenvalue weighted by Gasteiger charge is -2.28. The summed E-state index contributed by atoms with van der Waals surface area (Å²) in [4.78, 5) is 3.71. The summed E-state index contributed by atoms with van der Waals surface area (Å²) in [6.07, 6.45) is 1.22. The van der Waals surface area contributed by atoms with E-state index in [2.05, 4.69) is 53.9 Å². The second kappa shape index (κ2) is 6.74. The average molecular weight is 305 g/mol. The molecular formula is C12H21BrN2S. The minimum atomic E-state index is 0.352. The van der Waals surface area contributed by atoms with Crippen LogP contribution in [0.3, 0.4) is 0 Å². The van der Waals surface area contributed by atoms with Gasteiger partial charge in [0.2, 0.25) is 0 Å². The predicted octanol–water partition coefficient (Wildman–Crippen LogP) is 3.49. The predicted molar refractivity (Wildman–Crippen MR) is 75.9 cm³/mol. The highest BCUT2D eigenvalue weighted by Crippen LogP contribution is 2.30. The van der Waals surface area contributed by atoms with Crippen LogP contribution in [0.4, 0.5) is 0 Å². The lowest BCUT2D eigenvalue weighted by atomic mass is 10.1. The van der Waals surface area contributed by atoms with E-state index in [0.29, 0.717) is 12.6 Å². The first-order chi connectivity index (χ1) is 7.58. The van der Waals surface area contributed by atoms with Gasteiger partial charge in [-0.05, 0) is 41.0 Å². The molecule has 0 fully saturated rings. The maximum absolute atomic E-state index is 5.88. The van der Waals surface area contributed by atoms with Crippen LogP contribution in [0.1, 0.15) is 31.2 Å². The topological polar surface area (TPSA) is 29.3 Å². The Balaban J connectivity index is 2.66. The van der Waals surface area contributed by atoms with Crippen LogP contribution < -0.4 is 5.73 Å². The fourth-order valence-electron chi connectivity index (χ4n) is 1.77. The van der Waals surface area contributed by atoms with Gasteiger partial charge >= 0.3 is 0 Å². The number of likely N-dealkylation sites (N-methyl/N-ethyl adjacent to an activating group) is 1. The highest BCUT2D eigenvalue weighted by Gasteiger charge is 2.18. The molecule has 0 aliphatic heterocycles. The average Bonchev–Trinajstić information content (AvgIpc) is 2.65. The van der Waals surface area contributed by atoms with Crippen molar-refractivity contribution in [2.75, 3.05) is 20.1 Å². The first-order valence-corrected chi connectivity index (χ1v) is 7.35. The van der Waals surface area contributed by atoms with Crippen LogP contribution in [-0.2, 0) is 0 Å². The lowest BCUT2D eigenvalue weighted by molar-refractivity contribution is 0.218. The number of nitrogens with zero attached hydrogens (tertiary/aromatic N) is 1. The molecule has 2 unspecified atom stereocenters. The van der Waals surface area contributed by atoms with E-state index in [0.717, 1.165) is 12.5 Å². The van der Waals surface area contributed by atoms with Crippen LogP contribution in [-0.4, -0.2) is 25.0 Å². The van der Waals surface area contributed by atoms with Crippen LogP contribution in [0.25, 0.3) is 0 Å². The molecule has 2 atom stereocenters. The number of halogens is 1. The third kappa shape index (κ3) is 3.84. The minimum absolute atomic E-state index is 0.352. The van der Waals surface area contributed by atoms with Gasteiger partial charge in [0.1, 0.15) is 0 Å². The molecule has 0 saturated carbocycles. The molecule has 1 aromatic heterocycles. The summed E-state index contributed by atoms with van der Waals surface area (Å²) in [6, 6.07) is 4.62. The van der Waals surface area contributed by atoms with Gasteiger partial charge in [0, 0.05) is 18.0 Å². The molecule has 1 aromatic rings. The summed E-state index contributed by atoms with van der Waals surface area (Å²) < 4.78 is 1.18. The Hall–Kier alpha value is 0.1000. The molecule has 0 aliphatic rings. The van der Waals surface area contributed by atoms with Crippen molar-refractivity contribution in [2.24, 2.45) is 11.7 Å². The summed E-state index contributed by atoms with van der Waals surface area (Å²) in [5.74, 6) is 0.724. The van der Waals surface area contributed by atoms with E-state index >= 15 is 0 Å². The number of thiophene rings is 1. The van der Waals surface area contributed by atoms with Crippen LogP contribution in [0.15, 0.2) is 15.9 Å². The molecule has 0 amide bonds. The normalized spacial score (nSPS) is 15.4. The van der Waals surface area contributed by atoms with Gasteiger partial charge in [0.15, 0.2) is 0 Å². The van der Waals surface area contributed by atoms with Gasteiger partial charge in [-0.25, -0.2) is 0 Å². The molecule has 0 aromatic carbocycles. The fraction of sp³-hybridized carbons (Fsp3) is 0.667. The zero-order valence-electron chi connectivity index (χ0n) is 10.2. The number of rotatable bonds is 6. The molecule has 0 bridgehead atoms. The first-order valence-electron chi connectivity index (χ1n) is 5.74. The Bertz CT molecular complexity index is 314. The van der Waals surface area contributed by atoms with Crippen molar-refractivity contribution in [1.29, 1.82) is 0 Å². The number of hydrogen-bond acceptors (Lipinski definition) is 3. The van der Waals surface area contributed by atoms with Gasteiger partial charge in [-0.2, -0.15) is 0 Å². The SMILES string of the molecule is CCC(C)CN(C)C(CN)c1ccc(Br)s1. The molecule has 92 valence electrons. The molecule has 4 heteroatoms. The summed E-state index contributed by atoms with van der Waals surface area (Å²) >= 11 is 5.28. The molecule has 1 rings (SSSR count). The first kappa shape index (κ1) is 14.2. The van der Waals surface area contributed by atoms with Gasteiger partial charge in [-0.3, -0.25) is 4.90 Å². The zero-order valence-corrected chi connectivity index (χ0v) is 12.6. The van der Waals surface area contributed by atoms with Crippen molar-refractivity contribution in [3.05, 3.63) is 20.8 Å². The maximum Gasteiger partial charge on any atom is 0.0702 e. The summed E-state index contributed by atoms with van der Waals surface area (Å²) in [5.41, 5.74) is 5.88. The highest BCUT2D eigenvalue weighted by molar-refractivity contribution is 9.11. The molecule has 0 spiro atoms. The molecule has 16 heavy (non-hydrogen) atoms. The molecule has 2 nitrogen and oxygen atoms in total. The fourth-order valence-corrected chi connectivity index (χ4v) is 3.37. The monoisotopic (exact) mass is 304 g/mol. The number of nitrogens with two attached hydrogens (primary N) is 1. The van der Waals surface area contributed by atoms with Crippen molar-refractivity contribution in [3.8, 4) is 0 Å². The van der Waals surface area contributed by atoms with Crippen molar-refractivity contribution < 1.29 is 0 Å². The van der Waals surface area contributed by atoms with E-state index in [1.165, 1.54) is 15.1 Å².